The third kappa shape index (κ3) is 4.61. The Kier molecular flexibility index (Phi) is 7.17. The number of rotatable bonds is 8. The van der Waals surface area contributed by atoms with Crippen LogP contribution in [-0.2, 0) is 23.8 Å². The number of benzene rings is 1. The average molecular weight is 449 g/mol. The maximum absolute atomic E-state index is 9.07. The molecule has 23 heavy (non-hydrogen) atoms. The predicted octanol–water partition coefficient (Wildman–Crippen LogP) is 4.77. The van der Waals surface area contributed by atoms with Crippen molar-refractivity contribution in [2.24, 2.45) is 0 Å². The number of nitrogens with zero attached hydrogens (tertiary/aromatic N) is 2. The lowest BCUT2D eigenvalue weighted by Crippen LogP contribution is -2.01. The van der Waals surface area contributed by atoms with Gasteiger partial charge >= 0.3 is 0 Å². The molecule has 0 aliphatic carbocycles. The van der Waals surface area contributed by atoms with E-state index in [2.05, 4.69) is 34.6 Å². The van der Waals surface area contributed by atoms with Crippen molar-refractivity contribution in [2.45, 2.75) is 44.1 Å². The minimum absolute atomic E-state index is 0.172. The quantitative estimate of drug-likeness (QED) is 0.467. The van der Waals surface area contributed by atoms with Crippen LogP contribution >= 0.6 is 34.2 Å². The van der Waals surface area contributed by atoms with Gasteiger partial charge in [-0.15, -0.1) is 0 Å². The van der Waals surface area contributed by atoms with E-state index in [-0.39, 0.29) is 6.61 Å². The summed E-state index contributed by atoms with van der Waals surface area (Å²) in [5, 5.41) is 14.4. The van der Waals surface area contributed by atoms with E-state index in [9.17, 15) is 0 Å². The fourth-order valence-electron chi connectivity index (χ4n) is 2.53. The van der Waals surface area contributed by atoms with Crippen molar-refractivity contribution in [3.63, 3.8) is 0 Å². The second-order valence-electron chi connectivity index (χ2n) is 5.26. The van der Waals surface area contributed by atoms with Gasteiger partial charge in [-0.25, -0.2) is 4.68 Å². The second-order valence-corrected chi connectivity index (χ2v) is 6.46. The van der Waals surface area contributed by atoms with E-state index in [1.807, 2.05) is 29.8 Å². The molecule has 6 heteroatoms. The zero-order valence-corrected chi connectivity index (χ0v) is 16.4. The number of aryl methyl sites for hydroxylation is 2. The highest BCUT2D eigenvalue weighted by atomic mass is 127. The number of aromatic nitrogens is 2. The molecule has 2 rings (SSSR count). The summed E-state index contributed by atoms with van der Waals surface area (Å²) in [5.74, 6) is 1.52. The van der Waals surface area contributed by atoms with Crippen molar-refractivity contribution < 1.29 is 9.84 Å². The van der Waals surface area contributed by atoms with Crippen molar-refractivity contribution in [2.75, 3.05) is 6.61 Å². The van der Waals surface area contributed by atoms with Crippen LogP contribution in [0.15, 0.2) is 18.2 Å². The SMILES string of the molecule is CCc1c(CCCO)nn(CC)c1Oc1cc(Cl)cc(CI)c1. The van der Waals surface area contributed by atoms with Crippen molar-refractivity contribution in [3.05, 3.63) is 40.0 Å². The Labute approximate surface area is 155 Å². The molecule has 0 aliphatic heterocycles. The molecule has 0 aliphatic rings. The molecular formula is C17H22ClIN2O2. The normalized spacial score (nSPS) is 11.0. The number of aliphatic hydroxyl groups is 1. The van der Waals surface area contributed by atoms with Crippen LogP contribution in [0.2, 0.25) is 5.02 Å². The van der Waals surface area contributed by atoms with Gasteiger partial charge < -0.3 is 9.84 Å². The molecule has 0 bridgehead atoms. The van der Waals surface area contributed by atoms with E-state index in [0.717, 1.165) is 52.3 Å². The summed E-state index contributed by atoms with van der Waals surface area (Å²) < 4.78 is 8.92. The Morgan fingerprint density at radius 3 is 2.70 bits per heavy atom. The lowest BCUT2D eigenvalue weighted by molar-refractivity contribution is 0.288. The fourth-order valence-corrected chi connectivity index (χ4v) is 3.22. The molecule has 0 unspecified atom stereocenters. The van der Waals surface area contributed by atoms with Gasteiger partial charge in [0.2, 0.25) is 5.88 Å². The number of aliphatic hydroxyl groups excluding tert-OH is 1. The van der Waals surface area contributed by atoms with Gasteiger partial charge in [0, 0.05) is 28.2 Å². The van der Waals surface area contributed by atoms with Gasteiger partial charge in [-0.1, -0.05) is 41.1 Å². The third-order valence-electron chi connectivity index (χ3n) is 3.61. The molecule has 4 nitrogen and oxygen atoms in total. The zero-order valence-electron chi connectivity index (χ0n) is 13.5. The van der Waals surface area contributed by atoms with Crippen LogP contribution in [0.3, 0.4) is 0 Å². The third-order valence-corrected chi connectivity index (χ3v) is 4.71. The van der Waals surface area contributed by atoms with Crippen LogP contribution in [0.4, 0.5) is 0 Å². The maximum Gasteiger partial charge on any atom is 0.221 e. The lowest BCUT2D eigenvalue weighted by atomic mass is 10.1. The van der Waals surface area contributed by atoms with Crippen LogP contribution in [0.1, 0.15) is 37.1 Å². The number of ether oxygens (including phenoxy) is 1. The molecule has 0 saturated carbocycles. The van der Waals surface area contributed by atoms with E-state index in [1.54, 1.807) is 0 Å². The topological polar surface area (TPSA) is 47.3 Å². The highest BCUT2D eigenvalue weighted by Gasteiger charge is 2.18. The van der Waals surface area contributed by atoms with Gasteiger partial charge in [0.1, 0.15) is 5.75 Å². The smallest absolute Gasteiger partial charge is 0.221 e. The largest absolute Gasteiger partial charge is 0.439 e. The molecule has 0 atom stereocenters. The highest BCUT2D eigenvalue weighted by molar-refractivity contribution is 14.1. The minimum atomic E-state index is 0.172. The Morgan fingerprint density at radius 1 is 1.30 bits per heavy atom. The first-order chi connectivity index (χ1) is 11.1. The van der Waals surface area contributed by atoms with Crippen molar-refractivity contribution >= 4 is 34.2 Å². The summed E-state index contributed by atoms with van der Waals surface area (Å²) >= 11 is 8.49. The number of hydrogen-bond acceptors (Lipinski definition) is 3. The Balaban J connectivity index is 2.37. The Morgan fingerprint density at radius 2 is 2.09 bits per heavy atom. The van der Waals surface area contributed by atoms with E-state index >= 15 is 0 Å². The van der Waals surface area contributed by atoms with Crippen LogP contribution in [-0.4, -0.2) is 21.5 Å². The zero-order chi connectivity index (χ0) is 16.8. The first kappa shape index (κ1) is 18.5. The summed E-state index contributed by atoms with van der Waals surface area (Å²) in [6, 6.07) is 5.79. The molecule has 2 aromatic rings. The molecule has 0 radical (unpaired) electrons. The van der Waals surface area contributed by atoms with Crippen LogP contribution in [0, 0.1) is 0 Å². The van der Waals surface area contributed by atoms with Crippen molar-refractivity contribution in [1.29, 1.82) is 0 Å². The molecule has 126 valence electrons. The summed E-state index contributed by atoms with van der Waals surface area (Å²) in [5.41, 5.74) is 3.25. The molecule has 0 saturated heterocycles. The van der Waals surface area contributed by atoms with Gasteiger partial charge in [-0.3, -0.25) is 0 Å². The van der Waals surface area contributed by atoms with Gasteiger partial charge in [-0.2, -0.15) is 5.10 Å². The van der Waals surface area contributed by atoms with Gasteiger partial charge in [0.05, 0.1) is 5.69 Å². The highest BCUT2D eigenvalue weighted by Crippen LogP contribution is 2.32. The summed E-state index contributed by atoms with van der Waals surface area (Å²) in [7, 11) is 0. The monoisotopic (exact) mass is 448 g/mol. The van der Waals surface area contributed by atoms with E-state index in [1.165, 1.54) is 0 Å². The summed E-state index contributed by atoms with van der Waals surface area (Å²) in [4.78, 5) is 0. The van der Waals surface area contributed by atoms with Crippen molar-refractivity contribution in [3.8, 4) is 11.6 Å². The number of alkyl halides is 1. The maximum atomic E-state index is 9.07. The van der Waals surface area contributed by atoms with Crippen LogP contribution < -0.4 is 4.74 Å². The molecule has 1 N–H and O–H groups in total. The van der Waals surface area contributed by atoms with E-state index in [0.29, 0.717) is 11.4 Å². The Hall–Kier alpha value is -0.790. The predicted molar refractivity (Wildman–Crippen MR) is 102 cm³/mol. The molecule has 1 aromatic heterocycles. The standard InChI is InChI=1S/C17H22ClIN2O2/c1-3-15-16(6-5-7-22)20-21(4-2)17(15)23-14-9-12(11-19)8-13(18)10-14/h8-10,22H,3-7,11H2,1-2H3. The first-order valence-corrected chi connectivity index (χ1v) is 9.75. The molecule has 1 aromatic carbocycles. The van der Waals surface area contributed by atoms with E-state index < -0.39 is 0 Å². The Bertz CT molecular complexity index is 658. The molecule has 0 amide bonds. The summed E-state index contributed by atoms with van der Waals surface area (Å²) in [6.07, 6.45) is 2.32. The van der Waals surface area contributed by atoms with E-state index in [4.69, 9.17) is 21.4 Å². The van der Waals surface area contributed by atoms with Crippen LogP contribution in [0.25, 0.3) is 0 Å². The molecule has 0 fully saturated rings. The number of halogens is 2. The van der Waals surface area contributed by atoms with Gasteiger partial charge in [0.25, 0.3) is 0 Å². The van der Waals surface area contributed by atoms with Gasteiger partial charge in [-0.05, 0) is 49.9 Å². The number of hydrogen-bond donors (Lipinski definition) is 1. The second kappa shape index (κ2) is 8.89. The molecule has 1 heterocycles. The van der Waals surface area contributed by atoms with Gasteiger partial charge in [0.15, 0.2) is 0 Å². The minimum Gasteiger partial charge on any atom is -0.439 e. The molecular weight excluding hydrogens is 427 g/mol. The fraction of sp³-hybridized carbons (Fsp3) is 0.471. The lowest BCUT2D eigenvalue weighted by Gasteiger charge is -2.11. The van der Waals surface area contributed by atoms with Crippen molar-refractivity contribution in [1.82, 2.24) is 9.78 Å². The average Bonchev–Trinajstić information content (AvgIpc) is 2.88. The summed E-state index contributed by atoms with van der Waals surface area (Å²) in [6.45, 7) is 5.05. The first-order valence-electron chi connectivity index (χ1n) is 7.85. The molecule has 0 spiro atoms. The van der Waals surface area contributed by atoms with Crippen LogP contribution in [0.5, 0.6) is 11.6 Å².